The highest BCUT2D eigenvalue weighted by atomic mass is 32.1. The van der Waals surface area contributed by atoms with Gasteiger partial charge in [-0.1, -0.05) is 35.6 Å². The number of imide groups is 1. The third-order valence-electron chi connectivity index (χ3n) is 7.00. The van der Waals surface area contributed by atoms with Gasteiger partial charge in [0.1, 0.15) is 29.5 Å². The second-order valence-electron chi connectivity index (χ2n) is 10.3. The number of anilines is 1. The molecule has 212 valence electrons. The number of phenolic OH excluding ortho intramolecular Hbond substituents is 2. The van der Waals surface area contributed by atoms with Gasteiger partial charge in [0, 0.05) is 5.56 Å². The first-order valence-corrected chi connectivity index (χ1v) is 13.7. The number of likely N-dealkylation sites (tertiary alicyclic amines) is 1. The SMILES string of the molecule is COC(=O)c1cnc(NC(=O)N(C(=O)[C@@H](N)Cc2ccc(O)cc2)[C@H]2CCC[N+](C)(Cc3cccc(O)c3)C2)s1. The molecule has 1 aliphatic heterocycles. The lowest BCUT2D eigenvalue weighted by Gasteiger charge is -2.44. The first kappa shape index (κ1) is 29.0. The average Bonchev–Trinajstić information content (AvgIpc) is 3.37. The van der Waals surface area contributed by atoms with Gasteiger partial charge < -0.3 is 25.2 Å². The number of nitrogens with one attached hydrogen (secondary N) is 1. The second kappa shape index (κ2) is 12.5. The number of amides is 3. The molecule has 2 heterocycles. The molecule has 1 unspecified atom stereocenters. The van der Waals surface area contributed by atoms with E-state index in [0.29, 0.717) is 24.0 Å². The van der Waals surface area contributed by atoms with Crippen molar-refractivity contribution in [3.8, 4) is 11.5 Å². The number of piperidine rings is 1. The summed E-state index contributed by atoms with van der Waals surface area (Å²) in [4.78, 5) is 44.8. The topological polar surface area (TPSA) is 155 Å². The summed E-state index contributed by atoms with van der Waals surface area (Å²) >= 11 is 0.947. The van der Waals surface area contributed by atoms with E-state index in [1.807, 2.05) is 6.07 Å². The van der Waals surface area contributed by atoms with Crippen LogP contribution < -0.4 is 11.1 Å². The van der Waals surface area contributed by atoms with E-state index in [0.717, 1.165) is 35.4 Å². The number of rotatable bonds is 8. The lowest BCUT2D eigenvalue weighted by molar-refractivity contribution is -0.928. The molecular weight excluding hydrogens is 534 g/mol. The summed E-state index contributed by atoms with van der Waals surface area (Å²) in [6.45, 7) is 1.94. The third-order valence-corrected chi connectivity index (χ3v) is 7.89. The van der Waals surface area contributed by atoms with Gasteiger partial charge in [0.05, 0.1) is 39.0 Å². The number of methoxy groups -OCH3 is 1. The van der Waals surface area contributed by atoms with Crippen molar-refractivity contribution >= 4 is 34.4 Å². The number of urea groups is 1. The molecular formula is C28H34N5O6S+. The van der Waals surface area contributed by atoms with Crippen molar-refractivity contribution in [2.24, 2.45) is 5.73 Å². The number of aromatic nitrogens is 1. The number of hydrogen-bond acceptors (Lipinski definition) is 9. The highest BCUT2D eigenvalue weighted by Crippen LogP contribution is 2.27. The fourth-order valence-corrected chi connectivity index (χ4v) is 5.85. The summed E-state index contributed by atoms with van der Waals surface area (Å²) in [6.07, 6.45) is 2.85. The molecule has 3 atom stereocenters. The van der Waals surface area contributed by atoms with E-state index in [4.69, 9.17) is 10.5 Å². The maximum atomic E-state index is 13.8. The molecule has 5 N–H and O–H groups in total. The van der Waals surface area contributed by atoms with Gasteiger partial charge in [0.25, 0.3) is 0 Å². The Morgan fingerprint density at radius 3 is 2.62 bits per heavy atom. The van der Waals surface area contributed by atoms with Crippen LogP contribution in [-0.4, -0.2) is 81.8 Å². The van der Waals surface area contributed by atoms with Gasteiger partial charge in [-0.15, -0.1) is 0 Å². The second-order valence-corrected chi connectivity index (χ2v) is 11.3. The standard InChI is InChI=1S/C28H33N5O6S/c1-33(16-19-5-3-7-22(35)13-19)12-4-6-20(17-33)32(25(36)23(29)14-18-8-10-21(34)11-9-18)28(38)31-27-30-15-24(40-27)26(37)39-2/h3,5,7-11,13,15,20,23H,4,6,12,14,16-17,29H2,1-2H3,(H2-,30,31,34,35,37,38)/p+1/t20-,23-,33?/m0/s1. The number of benzene rings is 2. The molecule has 11 nitrogen and oxygen atoms in total. The van der Waals surface area contributed by atoms with Gasteiger partial charge >= 0.3 is 12.0 Å². The van der Waals surface area contributed by atoms with Crippen LogP contribution in [0.1, 0.15) is 33.6 Å². The third kappa shape index (κ3) is 7.14. The molecule has 0 spiro atoms. The van der Waals surface area contributed by atoms with Gasteiger partial charge in [0.15, 0.2) is 5.13 Å². The van der Waals surface area contributed by atoms with Crippen molar-refractivity contribution in [2.45, 2.75) is 37.9 Å². The molecule has 2 aromatic carbocycles. The van der Waals surface area contributed by atoms with Crippen LogP contribution in [0, 0.1) is 0 Å². The number of hydrogen-bond donors (Lipinski definition) is 4. The van der Waals surface area contributed by atoms with Gasteiger partial charge in [-0.25, -0.2) is 14.6 Å². The Kier molecular flexibility index (Phi) is 9.03. The van der Waals surface area contributed by atoms with Crippen LogP contribution in [-0.2, 0) is 22.5 Å². The first-order chi connectivity index (χ1) is 19.1. The van der Waals surface area contributed by atoms with Crippen molar-refractivity contribution < 1.29 is 33.8 Å². The Hall–Kier alpha value is -4.00. The van der Waals surface area contributed by atoms with Crippen molar-refractivity contribution in [1.29, 1.82) is 0 Å². The fraction of sp³-hybridized carbons (Fsp3) is 0.357. The Bertz CT molecular complexity index is 1360. The Morgan fingerprint density at radius 1 is 1.18 bits per heavy atom. The van der Waals surface area contributed by atoms with E-state index in [1.165, 1.54) is 30.3 Å². The first-order valence-electron chi connectivity index (χ1n) is 12.9. The molecule has 1 aliphatic rings. The van der Waals surface area contributed by atoms with E-state index in [-0.39, 0.29) is 27.9 Å². The summed E-state index contributed by atoms with van der Waals surface area (Å²) in [5.41, 5.74) is 8.05. The molecule has 3 amide bonds. The molecule has 1 fully saturated rings. The van der Waals surface area contributed by atoms with Gasteiger partial charge in [0.2, 0.25) is 5.91 Å². The van der Waals surface area contributed by atoms with E-state index >= 15 is 0 Å². The zero-order chi connectivity index (χ0) is 28.9. The number of nitrogens with two attached hydrogens (primary N) is 1. The smallest absolute Gasteiger partial charge is 0.349 e. The number of phenols is 2. The minimum absolute atomic E-state index is 0.102. The quantitative estimate of drug-likeness (QED) is 0.239. The maximum absolute atomic E-state index is 13.8. The minimum Gasteiger partial charge on any atom is -0.508 e. The van der Waals surface area contributed by atoms with Crippen LogP contribution in [0.4, 0.5) is 9.93 Å². The van der Waals surface area contributed by atoms with Gasteiger partial charge in [-0.2, -0.15) is 0 Å². The maximum Gasteiger partial charge on any atom is 0.349 e. The van der Waals surface area contributed by atoms with Crippen LogP contribution in [0.2, 0.25) is 0 Å². The number of esters is 1. The zero-order valence-electron chi connectivity index (χ0n) is 22.4. The van der Waals surface area contributed by atoms with Crippen LogP contribution in [0.3, 0.4) is 0 Å². The highest BCUT2D eigenvalue weighted by Gasteiger charge is 2.41. The number of likely N-dealkylation sites (N-methyl/N-ethyl adjacent to an activating group) is 1. The average molecular weight is 569 g/mol. The Morgan fingerprint density at radius 2 is 1.93 bits per heavy atom. The molecule has 40 heavy (non-hydrogen) atoms. The molecule has 0 bridgehead atoms. The molecule has 0 saturated carbocycles. The fourth-order valence-electron chi connectivity index (χ4n) is 5.13. The molecule has 1 aromatic heterocycles. The number of carbonyl (C=O) groups is 3. The molecule has 3 aromatic rings. The van der Waals surface area contributed by atoms with E-state index in [1.54, 1.807) is 30.3 Å². The van der Waals surface area contributed by atoms with E-state index < -0.39 is 30.0 Å². The number of ether oxygens (including phenoxy) is 1. The van der Waals surface area contributed by atoms with Crippen molar-refractivity contribution in [2.75, 3.05) is 32.6 Å². The molecule has 0 aliphatic carbocycles. The van der Waals surface area contributed by atoms with Gasteiger partial charge in [-0.3, -0.25) is 15.0 Å². The molecule has 12 heteroatoms. The Balaban J connectivity index is 1.57. The zero-order valence-corrected chi connectivity index (χ0v) is 23.3. The summed E-state index contributed by atoms with van der Waals surface area (Å²) in [5.74, 6) is -0.825. The van der Waals surface area contributed by atoms with Crippen molar-refractivity contribution in [3.05, 3.63) is 70.7 Å². The van der Waals surface area contributed by atoms with Crippen LogP contribution in [0.25, 0.3) is 0 Å². The largest absolute Gasteiger partial charge is 0.508 e. The summed E-state index contributed by atoms with van der Waals surface area (Å²) in [6, 6.07) is 11.3. The number of quaternary nitrogens is 1. The lowest BCUT2D eigenvalue weighted by atomic mass is 9.98. The van der Waals surface area contributed by atoms with Crippen molar-refractivity contribution in [3.63, 3.8) is 0 Å². The number of aromatic hydroxyl groups is 2. The van der Waals surface area contributed by atoms with Crippen molar-refractivity contribution in [1.82, 2.24) is 9.88 Å². The van der Waals surface area contributed by atoms with Crippen LogP contribution >= 0.6 is 11.3 Å². The molecule has 1 saturated heterocycles. The predicted molar refractivity (Wildman–Crippen MR) is 150 cm³/mol. The highest BCUT2D eigenvalue weighted by molar-refractivity contribution is 7.17. The normalized spacial score (nSPS) is 19.4. The lowest BCUT2D eigenvalue weighted by Crippen LogP contribution is -2.62. The Labute approximate surface area is 236 Å². The molecule has 4 rings (SSSR count). The van der Waals surface area contributed by atoms with Gasteiger partial charge in [-0.05, 0) is 49.1 Å². The predicted octanol–water partition coefficient (Wildman–Crippen LogP) is 3.08. The molecule has 0 radical (unpaired) electrons. The minimum atomic E-state index is -1.01. The number of carbonyl (C=O) groups excluding carboxylic acids is 3. The summed E-state index contributed by atoms with van der Waals surface area (Å²) < 4.78 is 5.27. The number of thiazole rings is 1. The monoisotopic (exact) mass is 568 g/mol. The summed E-state index contributed by atoms with van der Waals surface area (Å²) in [5, 5.41) is 22.3. The number of nitrogens with zero attached hydrogens (tertiary/aromatic N) is 3. The summed E-state index contributed by atoms with van der Waals surface area (Å²) in [7, 11) is 3.32. The van der Waals surface area contributed by atoms with E-state index in [9.17, 15) is 24.6 Å². The van der Waals surface area contributed by atoms with E-state index in [2.05, 4.69) is 17.3 Å². The van der Waals surface area contributed by atoms with Crippen LogP contribution in [0.15, 0.2) is 54.7 Å². The van der Waals surface area contributed by atoms with Crippen LogP contribution in [0.5, 0.6) is 11.5 Å².